The molecule has 0 unspecified atom stereocenters. The van der Waals surface area contributed by atoms with Gasteiger partial charge < -0.3 is 10.4 Å². The Hall–Kier alpha value is -1.14. The fourth-order valence-corrected chi connectivity index (χ4v) is 2.01. The van der Waals surface area contributed by atoms with Crippen molar-refractivity contribution in [3.8, 4) is 0 Å². The number of nitrogens with one attached hydrogen (secondary N) is 1. The minimum absolute atomic E-state index is 0.117. The lowest BCUT2D eigenvalue weighted by atomic mass is 10.1. The maximum absolute atomic E-state index is 11.0. The summed E-state index contributed by atoms with van der Waals surface area (Å²) in [7, 11) is 0. The number of benzene rings is 1. The molecule has 100 valence electrons. The van der Waals surface area contributed by atoms with E-state index < -0.39 is 0 Å². The van der Waals surface area contributed by atoms with Crippen LogP contribution in [0.1, 0.15) is 24.8 Å². The zero-order valence-electron chi connectivity index (χ0n) is 10.3. The summed E-state index contributed by atoms with van der Waals surface area (Å²) >= 11 is 3.29. The van der Waals surface area contributed by atoms with Crippen LogP contribution >= 0.6 is 15.9 Å². The Bertz CT molecular complexity index is 424. The average molecular weight is 317 g/mol. The fourth-order valence-electron chi connectivity index (χ4n) is 1.69. The fraction of sp³-hybridized carbons (Fsp3) is 0.500. The van der Waals surface area contributed by atoms with Gasteiger partial charge in [0.1, 0.15) is 5.69 Å². The standard InChI is InChI=1S/C12H17BrN2O3/c1-9-10(13)5-6-11(12(9)15(17)18)14-7-3-2-4-8-16/h5-6,14,16H,2-4,7-8H2,1H3. The minimum atomic E-state index is -0.365. The van der Waals surface area contributed by atoms with Crippen LogP contribution in [0.15, 0.2) is 16.6 Å². The maximum Gasteiger partial charge on any atom is 0.296 e. The molecule has 0 bridgehead atoms. The molecule has 0 aromatic heterocycles. The third-order valence-corrected chi connectivity index (χ3v) is 3.56. The van der Waals surface area contributed by atoms with E-state index in [1.54, 1.807) is 19.1 Å². The van der Waals surface area contributed by atoms with Crippen LogP contribution < -0.4 is 5.32 Å². The Labute approximate surface area is 114 Å². The van der Waals surface area contributed by atoms with Gasteiger partial charge in [-0.25, -0.2) is 0 Å². The topological polar surface area (TPSA) is 75.4 Å². The number of nitro benzene ring substituents is 1. The predicted molar refractivity (Wildman–Crippen MR) is 75.0 cm³/mol. The number of anilines is 1. The van der Waals surface area contributed by atoms with Crippen molar-refractivity contribution >= 4 is 27.3 Å². The van der Waals surface area contributed by atoms with E-state index in [2.05, 4.69) is 21.2 Å². The molecule has 0 fully saturated rings. The molecule has 0 radical (unpaired) electrons. The largest absolute Gasteiger partial charge is 0.396 e. The van der Waals surface area contributed by atoms with Crippen LogP contribution in [0.4, 0.5) is 11.4 Å². The number of halogens is 1. The average Bonchev–Trinajstić information content (AvgIpc) is 2.33. The van der Waals surface area contributed by atoms with Crippen molar-refractivity contribution in [1.29, 1.82) is 0 Å². The van der Waals surface area contributed by atoms with Crippen molar-refractivity contribution in [3.63, 3.8) is 0 Å². The molecule has 1 aromatic carbocycles. The lowest BCUT2D eigenvalue weighted by Crippen LogP contribution is -2.05. The van der Waals surface area contributed by atoms with E-state index in [1.807, 2.05) is 0 Å². The lowest BCUT2D eigenvalue weighted by molar-refractivity contribution is -0.384. The van der Waals surface area contributed by atoms with Crippen LogP contribution in [0.5, 0.6) is 0 Å². The molecule has 0 heterocycles. The Kier molecular flexibility index (Phi) is 6.07. The second kappa shape index (κ2) is 7.33. The van der Waals surface area contributed by atoms with E-state index >= 15 is 0 Å². The second-order valence-electron chi connectivity index (χ2n) is 4.04. The molecule has 0 atom stereocenters. The van der Waals surface area contributed by atoms with Crippen molar-refractivity contribution in [3.05, 3.63) is 32.3 Å². The van der Waals surface area contributed by atoms with Crippen molar-refractivity contribution in [1.82, 2.24) is 0 Å². The van der Waals surface area contributed by atoms with Gasteiger partial charge in [-0.05, 0) is 38.3 Å². The number of unbranched alkanes of at least 4 members (excludes halogenated alkanes) is 2. The van der Waals surface area contributed by atoms with Gasteiger partial charge >= 0.3 is 0 Å². The van der Waals surface area contributed by atoms with E-state index in [1.165, 1.54) is 0 Å². The van der Waals surface area contributed by atoms with Crippen LogP contribution in [-0.4, -0.2) is 23.2 Å². The number of aliphatic hydroxyl groups is 1. The molecule has 18 heavy (non-hydrogen) atoms. The van der Waals surface area contributed by atoms with Crippen molar-refractivity contribution in [2.45, 2.75) is 26.2 Å². The van der Waals surface area contributed by atoms with Gasteiger partial charge in [-0.3, -0.25) is 10.1 Å². The Morgan fingerprint density at radius 1 is 1.39 bits per heavy atom. The number of hydrogen-bond donors (Lipinski definition) is 2. The maximum atomic E-state index is 11.0. The van der Waals surface area contributed by atoms with Gasteiger partial charge in [-0.1, -0.05) is 15.9 Å². The molecule has 0 aliphatic heterocycles. The molecule has 2 N–H and O–H groups in total. The van der Waals surface area contributed by atoms with Gasteiger partial charge in [-0.2, -0.15) is 0 Å². The van der Waals surface area contributed by atoms with Gasteiger partial charge in [0.25, 0.3) is 5.69 Å². The van der Waals surface area contributed by atoms with Crippen molar-refractivity contribution in [2.24, 2.45) is 0 Å². The highest BCUT2D eigenvalue weighted by Gasteiger charge is 2.18. The molecule has 6 heteroatoms. The smallest absolute Gasteiger partial charge is 0.296 e. The monoisotopic (exact) mass is 316 g/mol. The Morgan fingerprint density at radius 3 is 2.72 bits per heavy atom. The second-order valence-corrected chi connectivity index (χ2v) is 4.89. The summed E-state index contributed by atoms with van der Waals surface area (Å²) in [5.74, 6) is 0. The minimum Gasteiger partial charge on any atom is -0.396 e. The van der Waals surface area contributed by atoms with Gasteiger partial charge in [0.2, 0.25) is 0 Å². The van der Waals surface area contributed by atoms with E-state index in [9.17, 15) is 10.1 Å². The van der Waals surface area contributed by atoms with E-state index in [0.29, 0.717) is 17.8 Å². The summed E-state index contributed by atoms with van der Waals surface area (Å²) in [6.45, 7) is 2.58. The molecule has 0 saturated heterocycles. The number of rotatable bonds is 7. The zero-order valence-corrected chi connectivity index (χ0v) is 11.9. The normalized spacial score (nSPS) is 10.4. The van der Waals surface area contributed by atoms with Gasteiger partial charge in [-0.15, -0.1) is 0 Å². The molecule has 0 saturated carbocycles. The SMILES string of the molecule is Cc1c(Br)ccc(NCCCCCO)c1[N+](=O)[O-]. The van der Waals surface area contributed by atoms with Gasteiger partial charge in [0, 0.05) is 23.2 Å². The van der Waals surface area contributed by atoms with Crippen LogP contribution in [-0.2, 0) is 0 Å². The Balaban J connectivity index is 2.70. The quantitative estimate of drug-likeness (QED) is 0.460. The summed E-state index contributed by atoms with van der Waals surface area (Å²) < 4.78 is 0.736. The number of hydrogen-bond acceptors (Lipinski definition) is 4. The summed E-state index contributed by atoms with van der Waals surface area (Å²) in [6, 6.07) is 3.51. The summed E-state index contributed by atoms with van der Waals surface area (Å²) in [6.07, 6.45) is 2.56. The molecule has 5 nitrogen and oxygen atoms in total. The third kappa shape index (κ3) is 3.96. The van der Waals surface area contributed by atoms with Gasteiger partial charge in [0.15, 0.2) is 0 Å². The number of nitro groups is 1. The van der Waals surface area contributed by atoms with E-state index in [-0.39, 0.29) is 17.2 Å². The van der Waals surface area contributed by atoms with Crippen LogP contribution in [0.25, 0.3) is 0 Å². The van der Waals surface area contributed by atoms with E-state index in [4.69, 9.17) is 5.11 Å². The molecule has 1 aromatic rings. The highest BCUT2D eigenvalue weighted by atomic mass is 79.9. The first kappa shape index (κ1) is 14.9. The molecule has 0 spiro atoms. The molecule has 0 aliphatic rings. The predicted octanol–water partition coefficient (Wildman–Crippen LogP) is 3.24. The van der Waals surface area contributed by atoms with Crippen LogP contribution in [0.3, 0.4) is 0 Å². The third-order valence-electron chi connectivity index (χ3n) is 2.70. The highest BCUT2D eigenvalue weighted by Crippen LogP contribution is 2.33. The molecule has 1 rings (SSSR count). The summed E-state index contributed by atoms with van der Waals surface area (Å²) in [5.41, 5.74) is 1.29. The summed E-state index contributed by atoms with van der Waals surface area (Å²) in [5, 5.41) is 22.8. The first-order valence-corrected chi connectivity index (χ1v) is 6.65. The first-order valence-electron chi connectivity index (χ1n) is 5.86. The molecule has 0 amide bonds. The number of nitrogens with zero attached hydrogens (tertiary/aromatic N) is 1. The summed E-state index contributed by atoms with van der Waals surface area (Å²) in [4.78, 5) is 10.7. The van der Waals surface area contributed by atoms with Gasteiger partial charge in [0.05, 0.1) is 4.92 Å². The molecular weight excluding hydrogens is 300 g/mol. The van der Waals surface area contributed by atoms with Crippen LogP contribution in [0, 0.1) is 17.0 Å². The first-order chi connectivity index (χ1) is 8.57. The highest BCUT2D eigenvalue weighted by molar-refractivity contribution is 9.10. The zero-order chi connectivity index (χ0) is 13.5. The van der Waals surface area contributed by atoms with Crippen molar-refractivity contribution < 1.29 is 10.0 Å². The van der Waals surface area contributed by atoms with Crippen LogP contribution in [0.2, 0.25) is 0 Å². The molecular formula is C12H17BrN2O3. The van der Waals surface area contributed by atoms with E-state index in [0.717, 1.165) is 23.7 Å². The molecule has 0 aliphatic carbocycles. The lowest BCUT2D eigenvalue weighted by Gasteiger charge is -2.09. The van der Waals surface area contributed by atoms with Crippen molar-refractivity contribution in [2.75, 3.05) is 18.5 Å². The number of aliphatic hydroxyl groups excluding tert-OH is 1. The Morgan fingerprint density at radius 2 is 2.11 bits per heavy atom.